The molecule has 1 aliphatic heterocycles. The number of benzene rings is 2. The summed E-state index contributed by atoms with van der Waals surface area (Å²) in [4.78, 5) is 37.7. The van der Waals surface area contributed by atoms with E-state index in [2.05, 4.69) is 10.3 Å². The fourth-order valence-corrected chi connectivity index (χ4v) is 2.96. The number of carbonyl (C=O) groups excluding carboxylic acids is 1. The van der Waals surface area contributed by atoms with Gasteiger partial charge >= 0.3 is 5.97 Å². The maximum absolute atomic E-state index is 12.3. The third kappa shape index (κ3) is 3.95. The van der Waals surface area contributed by atoms with Crippen molar-refractivity contribution in [2.75, 3.05) is 7.11 Å². The van der Waals surface area contributed by atoms with Crippen LogP contribution in [0.2, 0.25) is 0 Å². The van der Waals surface area contributed by atoms with Crippen molar-refractivity contribution in [2.24, 2.45) is 4.99 Å². The lowest BCUT2D eigenvalue weighted by Crippen LogP contribution is -2.32. The molecule has 2 aromatic rings. The van der Waals surface area contributed by atoms with Crippen LogP contribution in [0.25, 0.3) is 0 Å². The fourth-order valence-electron chi connectivity index (χ4n) is 2.96. The van der Waals surface area contributed by atoms with Gasteiger partial charge < -0.3 is 10.1 Å². The van der Waals surface area contributed by atoms with E-state index in [4.69, 9.17) is 4.74 Å². The van der Waals surface area contributed by atoms with Crippen LogP contribution < -0.4 is 5.32 Å². The number of carbonyl (C=O) groups is 1. The summed E-state index contributed by atoms with van der Waals surface area (Å²) in [6, 6.07) is 10.8. The van der Waals surface area contributed by atoms with E-state index >= 15 is 0 Å². The number of nitro groups is 2. The van der Waals surface area contributed by atoms with Crippen molar-refractivity contribution in [1.82, 2.24) is 5.32 Å². The second-order valence-electron chi connectivity index (χ2n) is 6.19. The average molecular weight is 396 g/mol. The van der Waals surface area contributed by atoms with Crippen LogP contribution in [-0.2, 0) is 9.53 Å². The van der Waals surface area contributed by atoms with E-state index in [0.717, 1.165) is 0 Å². The van der Waals surface area contributed by atoms with Crippen molar-refractivity contribution in [3.63, 3.8) is 0 Å². The quantitative estimate of drug-likeness (QED) is 0.466. The number of hydrogen-bond donors (Lipinski definition) is 1. The van der Waals surface area contributed by atoms with Crippen LogP contribution in [0.4, 0.5) is 11.4 Å². The van der Waals surface area contributed by atoms with Crippen molar-refractivity contribution >= 4 is 23.2 Å². The molecule has 1 N–H and O–H groups in total. The van der Waals surface area contributed by atoms with E-state index in [1.807, 2.05) is 0 Å². The van der Waals surface area contributed by atoms with Gasteiger partial charge in [-0.25, -0.2) is 4.79 Å². The number of aliphatic imine (C=N–C) groups is 1. The molecule has 0 radical (unpaired) electrons. The van der Waals surface area contributed by atoms with Crippen molar-refractivity contribution in [3.8, 4) is 0 Å². The third-order valence-corrected chi connectivity index (χ3v) is 4.42. The molecule has 10 nitrogen and oxygen atoms in total. The molecule has 0 aliphatic carbocycles. The van der Waals surface area contributed by atoms with E-state index in [0.29, 0.717) is 22.7 Å². The Morgan fingerprint density at radius 2 is 1.52 bits per heavy atom. The van der Waals surface area contributed by atoms with Gasteiger partial charge in [-0.15, -0.1) is 0 Å². The van der Waals surface area contributed by atoms with E-state index < -0.39 is 21.9 Å². The van der Waals surface area contributed by atoms with Gasteiger partial charge in [0, 0.05) is 35.5 Å². The molecule has 29 heavy (non-hydrogen) atoms. The van der Waals surface area contributed by atoms with E-state index in [-0.39, 0.29) is 16.9 Å². The van der Waals surface area contributed by atoms with Gasteiger partial charge in [0.2, 0.25) is 0 Å². The minimum absolute atomic E-state index is 0.0559. The zero-order valence-electron chi connectivity index (χ0n) is 15.5. The number of nitro benzene ring substituents is 2. The number of ether oxygens (including phenoxy) is 1. The van der Waals surface area contributed by atoms with Gasteiger partial charge in [-0.05, 0) is 36.8 Å². The smallest absolute Gasteiger partial charge is 0.338 e. The molecule has 0 saturated carbocycles. The van der Waals surface area contributed by atoms with Crippen molar-refractivity contribution < 1.29 is 19.4 Å². The Labute approximate surface area is 164 Å². The van der Waals surface area contributed by atoms with Gasteiger partial charge in [-0.3, -0.25) is 25.2 Å². The number of nitrogens with one attached hydrogen (secondary N) is 1. The Bertz CT molecular complexity index is 1040. The summed E-state index contributed by atoms with van der Waals surface area (Å²) in [5.41, 5.74) is 1.79. The fraction of sp³-hybridized carbons (Fsp3) is 0.158. The zero-order chi connectivity index (χ0) is 21.1. The van der Waals surface area contributed by atoms with Crippen LogP contribution in [0.5, 0.6) is 0 Å². The van der Waals surface area contributed by atoms with Gasteiger partial charge in [0.05, 0.1) is 22.5 Å². The summed E-state index contributed by atoms with van der Waals surface area (Å²) < 4.78 is 4.87. The highest BCUT2D eigenvalue weighted by Crippen LogP contribution is 2.33. The molecule has 148 valence electrons. The van der Waals surface area contributed by atoms with Crippen molar-refractivity contribution in [2.45, 2.75) is 13.0 Å². The number of non-ortho nitro benzene ring substituents is 2. The largest absolute Gasteiger partial charge is 0.466 e. The first-order chi connectivity index (χ1) is 13.8. The van der Waals surface area contributed by atoms with Crippen LogP contribution in [0.15, 0.2) is 64.8 Å². The highest BCUT2D eigenvalue weighted by Gasteiger charge is 2.30. The molecule has 1 atom stereocenters. The number of hydrogen-bond acceptors (Lipinski definition) is 8. The SMILES string of the molecule is COC(=O)C1=C(C)NC(c2ccc([N+](=O)[O-])cc2)=NC1c1ccc([N+](=O)[O-])cc1. The Kier molecular flexibility index (Phi) is 5.35. The van der Waals surface area contributed by atoms with E-state index in [1.165, 1.54) is 43.5 Å². The normalized spacial score (nSPS) is 15.9. The highest BCUT2D eigenvalue weighted by atomic mass is 16.6. The standard InChI is InChI=1S/C19H16N4O6/c1-11-16(19(24)29-2)17(12-3-7-14(8-4-12)22(25)26)21-18(20-11)13-5-9-15(10-6-13)23(27)28/h3-10,17H,1-2H3,(H,20,21). The molecule has 1 aliphatic rings. The average Bonchev–Trinajstić information content (AvgIpc) is 2.72. The molecular weight excluding hydrogens is 380 g/mol. The first kappa shape index (κ1) is 19.7. The summed E-state index contributed by atoms with van der Waals surface area (Å²) in [5.74, 6) is -0.168. The van der Waals surface area contributed by atoms with Crippen LogP contribution in [0.3, 0.4) is 0 Å². The predicted molar refractivity (Wildman–Crippen MR) is 103 cm³/mol. The van der Waals surface area contributed by atoms with Crippen molar-refractivity contribution in [1.29, 1.82) is 0 Å². The van der Waals surface area contributed by atoms with Gasteiger partial charge in [0.25, 0.3) is 11.4 Å². The summed E-state index contributed by atoms with van der Waals surface area (Å²) in [5, 5.41) is 24.8. The minimum Gasteiger partial charge on any atom is -0.466 e. The Morgan fingerprint density at radius 1 is 1.00 bits per heavy atom. The van der Waals surface area contributed by atoms with Gasteiger partial charge in [-0.1, -0.05) is 0 Å². The number of amidine groups is 1. The molecule has 0 saturated heterocycles. The molecular formula is C19H16N4O6. The van der Waals surface area contributed by atoms with Crippen LogP contribution in [0, 0.1) is 20.2 Å². The maximum Gasteiger partial charge on any atom is 0.338 e. The number of allylic oxidation sites excluding steroid dienone is 1. The lowest BCUT2D eigenvalue weighted by atomic mass is 9.95. The minimum atomic E-state index is -0.755. The predicted octanol–water partition coefficient (Wildman–Crippen LogP) is 3.04. The lowest BCUT2D eigenvalue weighted by Gasteiger charge is -2.26. The van der Waals surface area contributed by atoms with Crippen molar-refractivity contribution in [3.05, 3.63) is 91.2 Å². The molecule has 1 unspecified atom stereocenters. The van der Waals surface area contributed by atoms with Gasteiger partial charge in [0.15, 0.2) is 0 Å². The summed E-state index contributed by atoms with van der Waals surface area (Å²) in [6.07, 6.45) is 0. The summed E-state index contributed by atoms with van der Waals surface area (Å²) in [7, 11) is 1.26. The summed E-state index contributed by atoms with van der Waals surface area (Å²) >= 11 is 0. The number of nitrogens with zero attached hydrogens (tertiary/aromatic N) is 3. The first-order valence-electron chi connectivity index (χ1n) is 8.45. The van der Waals surface area contributed by atoms with Crippen LogP contribution >= 0.6 is 0 Å². The molecule has 0 fully saturated rings. The zero-order valence-corrected chi connectivity index (χ0v) is 15.5. The molecule has 10 heteroatoms. The molecule has 0 aromatic heterocycles. The van der Waals surface area contributed by atoms with Gasteiger partial charge in [0.1, 0.15) is 11.9 Å². The summed E-state index contributed by atoms with van der Waals surface area (Å²) in [6.45, 7) is 1.69. The molecule has 3 rings (SSSR count). The Morgan fingerprint density at radius 3 is 2.00 bits per heavy atom. The molecule has 2 aromatic carbocycles. The second-order valence-corrected chi connectivity index (χ2v) is 6.19. The monoisotopic (exact) mass is 396 g/mol. The third-order valence-electron chi connectivity index (χ3n) is 4.42. The molecule has 0 spiro atoms. The van der Waals surface area contributed by atoms with Crippen LogP contribution in [0.1, 0.15) is 24.1 Å². The number of rotatable bonds is 5. The second kappa shape index (κ2) is 7.89. The molecule has 1 heterocycles. The lowest BCUT2D eigenvalue weighted by molar-refractivity contribution is -0.385. The topological polar surface area (TPSA) is 137 Å². The van der Waals surface area contributed by atoms with E-state index in [9.17, 15) is 25.0 Å². The number of esters is 1. The van der Waals surface area contributed by atoms with Crippen LogP contribution in [-0.4, -0.2) is 28.8 Å². The Hall–Kier alpha value is -4.08. The highest BCUT2D eigenvalue weighted by molar-refractivity contribution is 6.03. The van der Waals surface area contributed by atoms with E-state index in [1.54, 1.807) is 19.1 Å². The first-order valence-corrected chi connectivity index (χ1v) is 8.45. The number of methoxy groups -OCH3 is 1. The molecule has 0 bridgehead atoms. The van der Waals surface area contributed by atoms with Gasteiger partial charge in [-0.2, -0.15) is 0 Å². The Balaban J connectivity index is 2.05. The molecule has 0 amide bonds. The maximum atomic E-state index is 12.3.